The molecule has 3 nitrogen and oxygen atoms in total. The first kappa shape index (κ1) is 8.64. The molecule has 0 aliphatic carbocycles. The number of rotatable bonds is 2. The van der Waals surface area contributed by atoms with Crippen LogP contribution < -0.4 is 5.73 Å². The Morgan fingerprint density at radius 3 is 2.92 bits per heavy atom. The van der Waals surface area contributed by atoms with Crippen LogP contribution in [0.5, 0.6) is 0 Å². The van der Waals surface area contributed by atoms with Crippen LogP contribution >= 0.6 is 0 Å². The molecule has 0 fully saturated rings. The van der Waals surface area contributed by atoms with Crippen LogP contribution in [-0.4, -0.2) is 10.9 Å². The summed E-state index contributed by atoms with van der Waals surface area (Å²) in [5, 5.41) is 0. The predicted molar refractivity (Wildman–Crippen MR) is 41.8 cm³/mol. The van der Waals surface area contributed by atoms with Gasteiger partial charge in [0.1, 0.15) is 5.82 Å². The highest BCUT2D eigenvalue weighted by Crippen LogP contribution is 2.14. The number of pyridine rings is 1. The van der Waals surface area contributed by atoms with Gasteiger partial charge in [-0.25, -0.2) is 4.39 Å². The van der Waals surface area contributed by atoms with E-state index < -0.39 is 17.6 Å². The maximum atomic E-state index is 12.9. The van der Waals surface area contributed by atoms with Crippen molar-refractivity contribution in [3.8, 4) is 0 Å². The van der Waals surface area contributed by atoms with E-state index in [0.717, 1.165) is 0 Å². The SMILES string of the molecule is CC(C(N)=O)c1ncccc1F. The number of carbonyl (C=O) groups excluding carboxylic acids is 1. The molecule has 1 rings (SSSR count). The van der Waals surface area contributed by atoms with E-state index in [1.807, 2.05) is 0 Å². The molecule has 0 aromatic carbocycles. The lowest BCUT2D eigenvalue weighted by atomic mass is 10.1. The molecule has 1 atom stereocenters. The summed E-state index contributed by atoms with van der Waals surface area (Å²) in [6.45, 7) is 1.52. The van der Waals surface area contributed by atoms with Gasteiger partial charge in [-0.1, -0.05) is 0 Å². The van der Waals surface area contributed by atoms with Crippen molar-refractivity contribution >= 4 is 5.91 Å². The maximum absolute atomic E-state index is 12.9. The molecule has 0 bridgehead atoms. The van der Waals surface area contributed by atoms with Crippen molar-refractivity contribution in [3.63, 3.8) is 0 Å². The van der Waals surface area contributed by atoms with Gasteiger partial charge in [-0.15, -0.1) is 0 Å². The zero-order chi connectivity index (χ0) is 9.14. The Morgan fingerprint density at radius 1 is 1.75 bits per heavy atom. The number of hydrogen-bond donors (Lipinski definition) is 1. The quantitative estimate of drug-likeness (QED) is 0.710. The Bertz CT molecular complexity index is 301. The average molecular weight is 168 g/mol. The molecule has 4 heteroatoms. The number of nitrogens with zero attached hydrogens (tertiary/aromatic N) is 1. The third-order valence-electron chi connectivity index (χ3n) is 1.62. The van der Waals surface area contributed by atoms with Crippen molar-refractivity contribution in [2.75, 3.05) is 0 Å². The molecule has 0 aliphatic heterocycles. The molecule has 64 valence electrons. The van der Waals surface area contributed by atoms with Gasteiger partial charge in [0.25, 0.3) is 0 Å². The molecule has 0 saturated heterocycles. The highest BCUT2D eigenvalue weighted by molar-refractivity contribution is 5.80. The summed E-state index contributed by atoms with van der Waals surface area (Å²) >= 11 is 0. The van der Waals surface area contributed by atoms with Crippen LogP contribution in [0.1, 0.15) is 18.5 Å². The first-order valence-corrected chi connectivity index (χ1v) is 3.52. The molecule has 1 aromatic heterocycles. The van der Waals surface area contributed by atoms with Gasteiger partial charge in [-0.05, 0) is 19.1 Å². The highest BCUT2D eigenvalue weighted by Gasteiger charge is 2.16. The van der Waals surface area contributed by atoms with Gasteiger partial charge < -0.3 is 5.73 Å². The molecule has 12 heavy (non-hydrogen) atoms. The molecule has 0 radical (unpaired) electrons. The van der Waals surface area contributed by atoms with Crippen LogP contribution in [0.4, 0.5) is 4.39 Å². The third kappa shape index (κ3) is 1.58. The third-order valence-corrected chi connectivity index (χ3v) is 1.62. The van der Waals surface area contributed by atoms with E-state index in [-0.39, 0.29) is 5.69 Å². The Kier molecular flexibility index (Phi) is 2.38. The fraction of sp³-hybridized carbons (Fsp3) is 0.250. The fourth-order valence-electron chi connectivity index (χ4n) is 0.851. The van der Waals surface area contributed by atoms with E-state index in [4.69, 9.17) is 5.73 Å². The van der Waals surface area contributed by atoms with Crippen LogP contribution in [0.25, 0.3) is 0 Å². The minimum Gasteiger partial charge on any atom is -0.369 e. The summed E-state index contributed by atoms with van der Waals surface area (Å²) in [7, 11) is 0. The standard InChI is InChI=1S/C8H9FN2O/c1-5(8(10)12)7-6(9)3-2-4-11-7/h2-5H,1H3,(H2,10,12). The number of amides is 1. The first-order chi connectivity index (χ1) is 5.63. The minimum atomic E-state index is -0.675. The van der Waals surface area contributed by atoms with Crippen molar-refractivity contribution in [2.24, 2.45) is 5.73 Å². The predicted octanol–water partition coefficient (Wildman–Crippen LogP) is 0.809. The summed E-state index contributed by atoms with van der Waals surface area (Å²) in [6, 6.07) is 2.72. The van der Waals surface area contributed by atoms with Crippen molar-refractivity contribution in [2.45, 2.75) is 12.8 Å². The van der Waals surface area contributed by atoms with Gasteiger partial charge in [0, 0.05) is 6.20 Å². The van der Waals surface area contributed by atoms with Gasteiger partial charge >= 0.3 is 0 Å². The lowest BCUT2D eigenvalue weighted by Crippen LogP contribution is -2.20. The normalized spacial score (nSPS) is 12.5. The molecule has 0 aliphatic rings. The molecular formula is C8H9FN2O. The Hall–Kier alpha value is -1.45. The van der Waals surface area contributed by atoms with E-state index >= 15 is 0 Å². The number of halogens is 1. The zero-order valence-corrected chi connectivity index (χ0v) is 6.62. The number of nitrogens with two attached hydrogens (primary N) is 1. The van der Waals surface area contributed by atoms with Crippen LogP contribution in [-0.2, 0) is 4.79 Å². The molecule has 1 heterocycles. The van der Waals surface area contributed by atoms with Gasteiger partial charge in [-0.3, -0.25) is 9.78 Å². The monoisotopic (exact) mass is 168 g/mol. The number of primary amides is 1. The Balaban J connectivity index is 3.02. The van der Waals surface area contributed by atoms with Crippen LogP contribution in [0.2, 0.25) is 0 Å². The van der Waals surface area contributed by atoms with Crippen molar-refractivity contribution < 1.29 is 9.18 Å². The fourth-order valence-corrected chi connectivity index (χ4v) is 0.851. The van der Waals surface area contributed by atoms with Gasteiger partial charge in [0.15, 0.2) is 0 Å². The molecule has 1 aromatic rings. The second kappa shape index (κ2) is 3.30. The summed E-state index contributed by atoms with van der Waals surface area (Å²) in [5.41, 5.74) is 5.09. The van der Waals surface area contributed by atoms with E-state index in [1.54, 1.807) is 0 Å². The lowest BCUT2D eigenvalue weighted by molar-refractivity contribution is -0.119. The van der Waals surface area contributed by atoms with Gasteiger partial charge in [0.2, 0.25) is 5.91 Å². The van der Waals surface area contributed by atoms with Crippen LogP contribution in [0.15, 0.2) is 18.3 Å². The van der Waals surface area contributed by atoms with E-state index in [0.29, 0.717) is 0 Å². The lowest BCUT2D eigenvalue weighted by Gasteiger charge is -2.06. The van der Waals surface area contributed by atoms with Gasteiger partial charge in [-0.2, -0.15) is 0 Å². The highest BCUT2D eigenvalue weighted by atomic mass is 19.1. The molecular weight excluding hydrogens is 159 g/mol. The Labute approximate surface area is 69.4 Å². The summed E-state index contributed by atoms with van der Waals surface area (Å²) in [6.07, 6.45) is 1.43. The molecule has 1 unspecified atom stereocenters. The number of hydrogen-bond acceptors (Lipinski definition) is 2. The van der Waals surface area contributed by atoms with Crippen molar-refractivity contribution in [1.29, 1.82) is 0 Å². The van der Waals surface area contributed by atoms with Crippen LogP contribution in [0.3, 0.4) is 0 Å². The van der Waals surface area contributed by atoms with Gasteiger partial charge in [0.05, 0.1) is 11.6 Å². The second-order valence-electron chi connectivity index (χ2n) is 2.49. The molecule has 1 amide bonds. The maximum Gasteiger partial charge on any atom is 0.226 e. The van der Waals surface area contributed by atoms with Crippen molar-refractivity contribution in [3.05, 3.63) is 29.8 Å². The Morgan fingerprint density at radius 2 is 2.42 bits per heavy atom. The van der Waals surface area contributed by atoms with E-state index in [9.17, 15) is 9.18 Å². The summed E-state index contributed by atoms with van der Waals surface area (Å²) in [4.78, 5) is 14.4. The molecule has 0 saturated carbocycles. The molecule has 2 N–H and O–H groups in total. The number of carbonyl (C=O) groups is 1. The van der Waals surface area contributed by atoms with Crippen molar-refractivity contribution in [1.82, 2.24) is 4.98 Å². The topological polar surface area (TPSA) is 56.0 Å². The second-order valence-corrected chi connectivity index (χ2v) is 2.49. The van der Waals surface area contributed by atoms with E-state index in [2.05, 4.69) is 4.98 Å². The summed E-state index contributed by atoms with van der Waals surface area (Å²) < 4.78 is 12.9. The average Bonchev–Trinajstić information content (AvgIpc) is 2.04. The zero-order valence-electron chi connectivity index (χ0n) is 6.62. The minimum absolute atomic E-state index is 0.102. The molecule has 0 spiro atoms. The largest absolute Gasteiger partial charge is 0.369 e. The summed E-state index contributed by atoms with van der Waals surface area (Å²) in [5.74, 6) is -1.75. The smallest absolute Gasteiger partial charge is 0.226 e. The van der Waals surface area contributed by atoms with Crippen LogP contribution in [0, 0.1) is 5.82 Å². The number of aromatic nitrogens is 1. The van der Waals surface area contributed by atoms with E-state index in [1.165, 1.54) is 25.3 Å². The first-order valence-electron chi connectivity index (χ1n) is 3.52.